The largest absolute Gasteiger partial charge is 0.510 e. The fraction of sp³-hybridized carbons (Fsp3) is 0.250. The Hall–Kier alpha value is -4.99. The van der Waals surface area contributed by atoms with Crippen molar-refractivity contribution >= 4 is 32.8 Å². The average molecular weight is 890 g/mol. The Morgan fingerprint density at radius 3 is 1.89 bits per heavy atom. The van der Waals surface area contributed by atoms with Crippen molar-refractivity contribution in [2.45, 2.75) is 78.6 Å². The van der Waals surface area contributed by atoms with Crippen LogP contribution in [0.15, 0.2) is 115 Å². The molecule has 0 amide bonds. The maximum absolute atomic E-state index is 6.70. The maximum Gasteiger partial charge on any atom is 0.268 e. The molecule has 0 unspecified atom stereocenters. The molecule has 8 aromatic rings. The molecule has 0 N–H and O–H groups in total. The van der Waals surface area contributed by atoms with Crippen LogP contribution in [0.3, 0.4) is 0 Å². The Bertz CT molecular complexity index is 2620. The third-order valence-electron chi connectivity index (χ3n) is 10.1. The zero-order chi connectivity index (χ0) is 37.3. The first-order valence-electron chi connectivity index (χ1n) is 18.4. The quantitative estimate of drug-likeness (QED) is 0.127. The van der Waals surface area contributed by atoms with Crippen LogP contribution in [0.1, 0.15) is 79.0 Å². The number of hydrogen-bond acceptors (Lipinski definition) is 2. The van der Waals surface area contributed by atoms with Gasteiger partial charge in [0.05, 0.1) is 16.7 Å². The van der Waals surface area contributed by atoms with Gasteiger partial charge in [0.2, 0.25) is 0 Å². The van der Waals surface area contributed by atoms with Crippen LogP contribution in [0, 0.1) is 18.5 Å². The van der Waals surface area contributed by atoms with Crippen molar-refractivity contribution in [2.24, 2.45) is 0 Å². The summed E-state index contributed by atoms with van der Waals surface area (Å²) in [5, 5.41) is 2.24. The predicted molar refractivity (Wildman–Crippen MR) is 216 cm³/mol. The summed E-state index contributed by atoms with van der Waals surface area (Å²) in [6.07, 6.45) is 5.56. The molecular formula is C48H46N4OPt-2. The minimum atomic E-state index is -0.150. The van der Waals surface area contributed by atoms with E-state index in [0.29, 0.717) is 11.5 Å². The van der Waals surface area contributed by atoms with Crippen molar-refractivity contribution in [1.82, 2.24) is 14.1 Å². The molecule has 0 radical (unpaired) electrons. The van der Waals surface area contributed by atoms with E-state index < -0.39 is 0 Å². The van der Waals surface area contributed by atoms with Crippen LogP contribution in [-0.4, -0.2) is 14.1 Å². The average Bonchev–Trinajstić information content (AvgIpc) is 3.67. The zero-order valence-corrected chi connectivity index (χ0v) is 34.8. The van der Waals surface area contributed by atoms with Gasteiger partial charge in [0.15, 0.2) is 0 Å². The van der Waals surface area contributed by atoms with Crippen molar-refractivity contribution in [3.63, 3.8) is 0 Å². The summed E-state index contributed by atoms with van der Waals surface area (Å²) >= 11 is 0. The van der Waals surface area contributed by atoms with Gasteiger partial charge in [0.25, 0.3) is 6.33 Å². The predicted octanol–water partition coefficient (Wildman–Crippen LogP) is 11.5. The summed E-state index contributed by atoms with van der Waals surface area (Å²) in [7, 11) is 0. The summed E-state index contributed by atoms with van der Waals surface area (Å²) in [5.41, 5.74) is 9.58. The van der Waals surface area contributed by atoms with Crippen molar-refractivity contribution in [1.29, 1.82) is 0 Å². The molecule has 0 bridgehead atoms. The summed E-state index contributed by atoms with van der Waals surface area (Å²) in [6.45, 7) is 20.3. The molecule has 6 heteroatoms. The van der Waals surface area contributed by atoms with E-state index in [1.54, 1.807) is 0 Å². The first kappa shape index (κ1) is 37.3. The molecule has 0 saturated carbocycles. The second kappa shape index (κ2) is 13.7. The molecular weight excluding hydrogens is 844 g/mol. The fourth-order valence-electron chi connectivity index (χ4n) is 6.95. The Morgan fingerprint density at radius 2 is 1.22 bits per heavy atom. The topological polar surface area (TPSA) is 35.9 Å². The van der Waals surface area contributed by atoms with Gasteiger partial charge in [0.1, 0.15) is 5.82 Å². The van der Waals surface area contributed by atoms with Gasteiger partial charge < -0.3 is 13.9 Å². The fourth-order valence-corrected chi connectivity index (χ4v) is 6.95. The van der Waals surface area contributed by atoms with Crippen molar-refractivity contribution in [2.75, 3.05) is 0 Å². The minimum Gasteiger partial charge on any atom is -0.510 e. The Kier molecular flexibility index (Phi) is 9.47. The normalized spacial score (nSPS) is 12.4. The summed E-state index contributed by atoms with van der Waals surface area (Å²) in [6, 6.07) is 45.5. The molecule has 54 heavy (non-hydrogen) atoms. The molecule has 0 aliphatic heterocycles. The minimum absolute atomic E-state index is 0. The molecule has 3 aromatic heterocycles. The number of rotatable bonds is 5. The molecule has 0 fully saturated rings. The standard InChI is InChI=1S/C48H46N4O.Pt/c1-46(2,3)32-24-33(47(4,5)6)26-35(25-32)50-31-51(43-19-13-12-18-42(43)50)36-27-34(48(7,8)9)28-38(29-36)53-37-21-22-40-39-16-10-11-17-41(39)52(44(40)30-37)45-20-14-15-23-49-45;/h10-28H,1-9H3;/q-2;. The van der Waals surface area contributed by atoms with Gasteiger partial charge >= 0.3 is 0 Å². The van der Waals surface area contributed by atoms with Gasteiger partial charge in [-0.1, -0.05) is 122 Å². The molecule has 276 valence electrons. The van der Waals surface area contributed by atoms with E-state index >= 15 is 0 Å². The number of pyridine rings is 1. The summed E-state index contributed by atoms with van der Waals surface area (Å²) in [5.74, 6) is 2.06. The summed E-state index contributed by atoms with van der Waals surface area (Å²) < 4.78 is 13.2. The maximum atomic E-state index is 6.70. The van der Waals surface area contributed by atoms with E-state index in [1.165, 1.54) is 11.1 Å². The van der Waals surface area contributed by atoms with Crippen molar-refractivity contribution < 1.29 is 30.4 Å². The van der Waals surface area contributed by atoms with Gasteiger partial charge in [-0.3, -0.25) is 4.57 Å². The second-order valence-electron chi connectivity index (χ2n) is 17.1. The van der Waals surface area contributed by atoms with E-state index in [9.17, 15) is 0 Å². The molecule has 3 heterocycles. The summed E-state index contributed by atoms with van der Waals surface area (Å²) in [4.78, 5) is 4.69. The Morgan fingerprint density at radius 1 is 0.593 bits per heavy atom. The number of ether oxygens (including phenoxy) is 1. The molecule has 5 aromatic carbocycles. The molecule has 0 aliphatic rings. The molecule has 0 aliphatic carbocycles. The second-order valence-corrected chi connectivity index (χ2v) is 17.1. The van der Waals surface area contributed by atoms with Gasteiger partial charge in [-0.15, -0.1) is 29.7 Å². The van der Waals surface area contributed by atoms with Crippen LogP contribution >= 0.6 is 0 Å². The smallest absolute Gasteiger partial charge is 0.268 e. The van der Waals surface area contributed by atoms with Gasteiger partial charge in [-0.25, -0.2) is 4.98 Å². The monoisotopic (exact) mass is 889 g/mol. The molecule has 0 atom stereocenters. The van der Waals surface area contributed by atoms with Gasteiger partial charge in [0, 0.05) is 44.3 Å². The van der Waals surface area contributed by atoms with Crippen LogP contribution < -0.4 is 9.30 Å². The molecule has 0 saturated heterocycles. The van der Waals surface area contributed by atoms with Crippen LogP contribution in [0.5, 0.6) is 11.5 Å². The number of benzene rings is 5. The van der Waals surface area contributed by atoms with E-state index in [1.807, 2.05) is 30.5 Å². The molecule has 8 rings (SSSR count). The van der Waals surface area contributed by atoms with Crippen molar-refractivity contribution in [3.8, 4) is 28.7 Å². The van der Waals surface area contributed by atoms with Gasteiger partial charge in [-0.05, 0) is 68.8 Å². The van der Waals surface area contributed by atoms with Crippen molar-refractivity contribution in [3.05, 3.63) is 151 Å². The number of aromatic nitrogens is 4. The molecule has 0 spiro atoms. The SMILES string of the molecule is CC(C)(C)c1cc(Oc2[c-]c3c(cc2)c2ccccc2n3-c2ccccn2)[c-]c(-[n+]2[c-]n(-c3cc(C(C)(C)C)cc(C(C)(C)C)c3)c3ccccc32)c1.[Pt]. The van der Waals surface area contributed by atoms with Crippen LogP contribution in [0.25, 0.3) is 50.0 Å². The van der Waals surface area contributed by atoms with Crippen LogP contribution in [0.2, 0.25) is 0 Å². The van der Waals surface area contributed by atoms with Crippen LogP contribution in [-0.2, 0) is 37.3 Å². The number of nitrogens with zero attached hydrogens (tertiary/aromatic N) is 4. The third-order valence-corrected chi connectivity index (χ3v) is 10.1. The first-order chi connectivity index (χ1) is 25.1. The Balaban J connectivity index is 0.00000450. The number of para-hydroxylation sites is 3. The van der Waals surface area contributed by atoms with Gasteiger partial charge in [-0.2, -0.15) is 17.7 Å². The first-order valence-corrected chi connectivity index (χ1v) is 18.4. The number of hydrogen-bond donors (Lipinski definition) is 0. The van der Waals surface area contributed by atoms with E-state index in [4.69, 9.17) is 4.74 Å². The number of imidazole rings is 1. The van der Waals surface area contributed by atoms with E-state index in [0.717, 1.165) is 55.6 Å². The zero-order valence-electron chi connectivity index (χ0n) is 32.5. The Labute approximate surface area is 333 Å². The van der Waals surface area contributed by atoms with Crippen LogP contribution in [0.4, 0.5) is 0 Å². The van der Waals surface area contributed by atoms with E-state index in [-0.39, 0.29) is 37.3 Å². The van der Waals surface area contributed by atoms with E-state index in [2.05, 4.69) is 184 Å². The molecule has 5 nitrogen and oxygen atoms in total. The number of fused-ring (bicyclic) bond motifs is 4. The third kappa shape index (κ3) is 6.91.